The van der Waals surface area contributed by atoms with Gasteiger partial charge in [0.1, 0.15) is 18.4 Å². The molecule has 2 N–H and O–H groups in total. The SMILES string of the molecule is CC(C)(C)[C@H](NC(=O)c1cccc(OCc2ccccc2)c1)C(=O)O. The smallest absolute Gasteiger partial charge is 0.326 e. The average Bonchev–Trinajstić information content (AvgIpc) is 2.57. The summed E-state index contributed by atoms with van der Waals surface area (Å²) in [6.45, 7) is 5.70. The number of hydrogen-bond donors (Lipinski definition) is 2. The van der Waals surface area contributed by atoms with Crippen molar-refractivity contribution in [2.75, 3.05) is 0 Å². The van der Waals surface area contributed by atoms with Gasteiger partial charge in [-0.15, -0.1) is 0 Å². The van der Waals surface area contributed by atoms with Crippen molar-refractivity contribution in [3.8, 4) is 5.75 Å². The highest BCUT2D eigenvalue weighted by molar-refractivity contribution is 5.97. The van der Waals surface area contributed by atoms with Crippen LogP contribution in [-0.4, -0.2) is 23.0 Å². The van der Waals surface area contributed by atoms with Gasteiger partial charge in [0.2, 0.25) is 0 Å². The topological polar surface area (TPSA) is 75.6 Å². The first-order chi connectivity index (χ1) is 11.8. The molecule has 2 aromatic carbocycles. The van der Waals surface area contributed by atoms with Crippen LogP contribution in [0.25, 0.3) is 0 Å². The second kappa shape index (κ2) is 7.83. The van der Waals surface area contributed by atoms with E-state index < -0.39 is 23.3 Å². The van der Waals surface area contributed by atoms with Crippen molar-refractivity contribution >= 4 is 11.9 Å². The van der Waals surface area contributed by atoms with Gasteiger partial charge in [-0.05, 0) is 29.2 Å². The first kappa shape index (κ1) is 18.5. The summed E-state index contributed by atoms with van der Waals surface area (Å²) >= 11 is 0. The number of nitrogens with one attached hydrogen (secondary N) is 1. The minimum Gasteiger partial charge on any atom is -0.489 e. The predicted octanol–water partition coefficient (Wildman–Crippen LogP) is 3.49. The molecule has 1 amide bonds. The molecule has 0 fully saturated rings. The van der Waals surface area contributed by atoms with Crippen LogP contribution < -0.4 is 10.1 Å². The normalized spacial score (nSPS) is 12.3. The molecular weight excluding hydrogens is 318 g/mol. The molecule has 132 valence electrons. The van der Waals surface area contributed by atoms with Gasteiger partial charge in [0.25, 0.3) is 5.91 Å². The fourth-order valence-corrected chi connectivity index (χ4v) is 2.33. The lowest BCUT2D eigenvalue weighted by atomic mass is 9.86. The molecule has 1 atom stereocenters. The Morgan fingerprint density at radius 3 is 2.36 bits per heavy atom. The van der Waals surface area contributed by atoms with Crippen LogP contribution in [0, 0.1) is 5.41 Å². The number of amides is 1. The van der Waals surface area contributed by atoms with E-state index in [2.05, 4.69) is 5.32 Å². The van der Waals surface area contributed by atoms with E-state index in [0.717, 1.165) is 5.56 Å². The summed E-state index contributed by atoms with van der Waals surface area (Å²) in [5, 5.41) is 11.9. The fraction of sp³-hybridized carbons (Fsp3) is 0.300. The van der Waals surface area contributed by atoms with E-state index in [9.17, 15) is 14.7 Å². The molecule has 0 aliphatic carbocycles. The van der Waals surface area contributed by atoms with Crippen molar-refractivity contribution in [2.45, 2.75) is 33.4 Å². The zero-order valence-electron chi connectivity index (χ0n) is 14.7. The first-order valence-corrected chi connectivity index (χ1v) is 8.08. The Labute approximate surface area is 147 Å². The lowest BCUT2D eigenvalue weighted by molar-refractivity contribution is -0.142. The highest BCUT2D eigenvalue weighted by Crippen LogP contribution is 2.21. The van der Waals surface area contributed by atoms with Gasteiger partial charge in [0.15, 0.2) is 0 Å². The van der Waals surface area contributed by atoms with Crippen molar-refractivity contribution in [1.29, 1.82) is 0 Å². The third-order valence-electron chi connectivity index (χ3n) is 3.73. The summed E-state index contributed by atoms with van der Waals surface area (Å²) in [4.78, 5) is 23.8. The van der Waals surface area contributed by atoms with Gasteiger partial charge in [-0.25, -0.2) is 4.79 Å². The summed E-state index contributed by atoms with van der Waals surface area (Å²) in [6.07, 6.45) is 0. The van der Waals surface area contributed by atoms with Crippen molar-refractivity contribution in [3.63, 3.8) is 0 Å². The highest BCUT2D eigenvalue weighted by atomic mass is 16.5. The highest BCUT2D eigenvalue weighted by Gasteiger charge is 2.32. The van der Waals surface area contributed by atoms with Gasteiger partial charge < -0.3 is 15.2 Å². The molecule has 2 aromatic rings. The van der Waals surface area contributed by atoms with E-state index in [1.807, 2.05) is 30.3 Å². The maximum atomic E-state index is 12.4. The van der Waals surface area contributed by atoms with Crippen LogP contribution in [0.5, 0.6) is 5.75 Å². The first-order valence-electron chi connectivity index (χ1n) is 8.08. The number of carbonyl (C=O) groups excluding carboxylic acids is 1. The molecule has 0 aliphatic rings. The number of carbonyl (C=O) groups is 2. The molecule has 0 bridgehead atoms. The molecule has 2 rings (SSSR count). The molecule has 0 radical (unpaired) electrons. The van der Waals surface area contributed by atoms with Gasteiger partial charge in [0, 0.05) is 5.56 Å². The average molecular weight is 341 g/mol. The molecule has 0 unspecified atom stereocenters. The summed E-state index contributed by atoms with van der Waals surface area (Å²) in [5.74, 6) is -0.941. The number of hydrogen-bond acceptors (Lipinski definition) is 3. The Balaban J connectivity index is 2.07. The van der Waals surface area contributed by atoms with E-state index in [-0.39, 0.29) is 0 Å². The van der Waals surface area contributed by atoms with E-state index in [1.54, 1.807) is 45.0 Å². The lowest BCUT2D eigenvalue weighted by Crippen LogP contribution is -2.49. The molecule has 5 nitrogen and oxygen atoms in total. The largest absolute Gasteiger partial charge is 0.489 e. The van der Waals surface area contributed by atoms with Crippen molar-refractivity contribution in [1.82, 2.24) is 5.32 Å². The summed E-state index contributed by atoms with van der Waals surface area (Å²) in [5.41, 5.74) is 0.792. The maximum absolute atomic E-state index is 12.4. The molecule has 25 heavy (non-hydrogen) atoms. The summed E-state index contributed by atoms with van der Waals surface area (Å²) in [6, 6.07) is 15.4. The number of aliphatic carboxylic acids is 1. The second-order valence-corrected chi connectivity index (χ2v) is 6.91. The monoisotopic (exact) mass is 341 g/mol. The Morgan fingerprint density at radius 2 is 1.76 bits per heavy atom. The molecule has 0 saturated heterocycles. The van der Waals surface area contributed by atoms with Crippen LogP contribution in [0.15, 0.2) is 54.6 Å². The molecule has 0 aliphatic heterocycles. The number of rotatable bonds is 6. The zero-order chi connectivity index (χ0) is 18.4. The number of benzene rings is 2. The zero-order valence-corrected chi connectivity index (χ0v) is 14.7. The molecule has 0 spiro atoms. The molecule has 0 saturated carbocycles. The van der Waals surface area contributed by atoms with Gasteiger partial charge in [-0.1, -0.05) is 57.2 Å². The van der Waals surface area contributed by atoms with Gasteiger partial charge >= 0.3 is 5.97 Å². The molecule has 0 aromatic heterocycles. The second-order valence-electron chi connectivity index (χ2n) is 6.91. The Kier molecular flexibility index (Phi) is 5.80. The molecule has 5 heteroatoms. The van der Waals surface area contributed by atoms with E-state index in [0.29, 0.717) is 17.9 Å². The Hall–Kier alpha value is -2.82. The molecular formula is C20H23NO4. The fourth-order valence-electron chi connectivity index (χ4n) is 2.33. The number of carboxylic acid groups (broad SMARTS) is 1. The van der Waals surface area contributed by atoms with Crippen LogP contribution in [-0.2, 0) is 11.4 Å². The van der Waals surface area contributed by atoms with E-state index in [1.165, 1.54) is 0 Å². The van der Waals surface area contributed by atoms with Crippen molar-refractivity contribution in [2.24, 2.45) is 5.41 Å². The van der Waals surface area contributed by atoms with Crippen LogP contribution in [0.4, 0.5) is 0 Å². The van der Waals surface area contributed by atoms with Gasteiger partial charge in [-0.3, -0.25) is 4.79 Å². The summed E-state index contributed by atoms with van der Waals surface area (Å²) in [7, 11) is 0. The van der Waals surface area contributed by atoms with Gasteiger partial charge in [0.05, 0.1) is 0 Å². The molecule has 0 heterocycles. The Morgan fingerprint density at radius 1 is 1.08 bits per heavy atom. The predicted molar refractivity (Wildman–Crippen MR) is 95.6 cm³/mol. The van der Waals surface area contributed by atoms with Crippen molar-refractivity contribution < 1.29 is 19.4 Å². The standard InChI is InChI=1S/C20H23NO4/c1-20(2,3)17(19(23)24)21-18(22)15-10-7-11-16(12-15)25-13-14-8-5-4-6-9-14/h4-12,17H,13H2,1-3H3,(H,21,22)(H,23,24)/t17-/m1/s1. The van der Waals surface area contributed by atoms with E-state index >= 15 is 0 Å². The third kappa shape index (κ3) is 5.35. The van der Waals surface area contributed by atoms with Gasteiger partial charge in [-0.2, -0.15) is 0 Å². The maximum Gasteiger partial charge on any atom is 0.326 e. The quantitative estimate of drug-likeness (QED) is 0.843. The Bertz CT molecular complexity index is 735. The number of ether oxygens (including phenoxy) is 1. The van der Waals surface area contributed by atoms with Crippen LogP contribution >= 0.6 is 0 Å². The number of carboxylic acids is 1. The minimum atomic E-state index is -1.06. The third-order valence-corrected chi connectivity index (χ3v) is 3.73. The minimum absolute atomic E-state index is 0.362. The van der Waals surface area contributed by atoms with Crippen LogP contribution in [0.2, 0.25) is 0 Å². The summed E-state index contributed by atoms with van der Waals surface area (Å²) < 4.78 is 5.71. The van der Waals surface area contributed by atoms with Crippen molar-refractivity contribution in [3.05, 3.63) is 65.7 Å². The van der Waals surface area contributed by atoms with Crippen LogP contribution in [0.1, 0.15) is 36.7 Å². The van der Waals surface area contributed by atoms with Crippen LogP contribution in [0.3, 0.4) is 0 Å². The van der Waals surface area contributed by atoms with E-state index in [4.69, 9.17) is 4.74 Å². The lowest BCUT2D eigenvalue weighted by Gasteiger charge is -2.27.